The number of para-hydroxylation sites is 2. The zero-order valence-electron chi connectivity index (χ0n) is 16.0. The fourth-order valence-electron chi connectivity index (χ4n) is 3.37. The maximum Gasteiger partial charge on any atom is 0.260 e. The molecular formula is C19H21N3O6S2. The van der Waals surface area contributed by atoms with Crippen LogP contribution in [-0.2, 0) is 30.8 Å². The van der Waals surface area contributed by atoms with Gasteiger partial charge in [0.15, 0.2) is 6.10 Å². The van der Waals surface area contributed by atoms with E-state index in [0.29, 0.717) is 42.6 Å². The van der Waals surface area contributed by atoms with Crippen molar-refractivity contribution in [2.75, 3.05) is 37.7 Å². The second-order valence-electron chi connectivity index (χ2n) is 6.89. The van der Waals surface area contributed by atoms with Gasteiger partial charge in [0.1, 0.15) is 9.96 Å². The van der Waals surface area contributed by atoms with Crippen LogP contribution in [0.4, 0.5) is 5.69 Å². The molecule has 2 amide bonds. The molecule has 0 bridgehead atoms. The SMILES string of the molecule is NC(=O)[C@@H]1CN(C(=O)Cc2ccc(S(=O)(=O)N3CCOCC3)s2)c2ccccc2O1. The van der Waals surface area contributed by atoms with Gasteiger partial charge < -0.3 is 20.1 Å². The first-order valence-corrected chi connectivity index (χ1v) is 11.6. The summed E-state index contributed by atoms with van der Waals surface area (Å²) in [6.45, 7) is 1.37. The molecule has 0 aliphatic carbocycles. The van der Waals surface area contributed by atoms with Crippen molar-refractivity contribution in [1.29, 1.82) is 0 Å². The maximum atomic E-state index is 13.0. The van der Waals surface area contributed by atoms with Gasteiger partial charge in [-0.1, -0.05) is 12.1 Å². The van der Waals surface area contributed by atoms with E-state index in [-0.39, 0.29) is 23.1 Å². The van der Waals surface area contributed by atoms with E-state index >= 15 is 0 Å². The fraction of sp³-hybridized carbons (Fsp3) is 0.368. The highest BCUT2D eigenvalue weighted by Gasteiger charge is 2.33. The van der Waals surface area contributed by atoms with E-state index in [1.54, 1.807) is 30.3 Å². The van der Waals surface area contributed by atoms with Crippen LogP contribution >= 0.6 is 11.3 Å². The van der Waals surface area contributed by atoms with Crippen molar-refractivity contribution in [1.82, 2.24) is 4.31 Å². The number of rotatable bonds is 5. The van der Waals surface area contributed by atoms with Crippen LogP contribution in [0, 0.1) is 0 Å². The van der Waals surface area contributed by atoms with Gasteiger partial charge in [-0.15, -0.1) is 11.3 Å². The Labute approximate surface area is 178 Å². The fourth-order valence-corrected chi connectivity index (χ4v) is 6.28. The number of amides is 2. The number of sulfonamides is 1. The number of anilines is 1. The van der Waals surface area contributed by atoms with Gasteiger partial charge in [0.05, 0.1) is 31.9 Å². The molecule has 2 aliphatic heterocycles. The van der Waals surface area contributed by atoms with Crippen molar-refractivity contribution in [2.24, 2.45) is 5.73 Å². The minimum Gasteiger partial charge on any atom is -0.477 e. The van der Waals surface area contributed by atoms with Crippen molar-refractivity contribution in [3.05, 3.63) is 41.3 Å². The quantitative estimate of drug-likeness (QED) is 0.711. The van der Waals surface area contributed by atoms with E-state index in [1.807, 2.05) is 0 Å². The van der Waals surface area contributed by atoms with E-state index in [0.717, 1.165) is 11.3 Å². The predicted octanol–water partition coefficient (Wildman–Crippen LogP) is 0.591. The van der Waals surface area contributed by atoms with E-state index in [2.05, 4.69) is 0 Å². The molecule has 1 aromatic carbocycles. The first kappa shape index (κ1) is 20.8. The molecular weight excluding hydrogens is 430 g/mol. The lowest BCUT2D eigenvalue weighted by atomic mass is 10.1. The Morgan fingerprint density at radius 3 is 2.60 bits per heavy atom. The van der Waals surface area contributed by atoms with Crippen molar-refractivity contribution in [2.45, 2.75) is 16.7 Å². The van der Waals surface area contributed by atoms with Crippen LogP contribution in [0.5, 0.6) is 5.75 Å². The molecule has 0 saturated carbocycles. The lowest BCUT2D eigenvalue weighted by Gasteiger charge is -2.33. The molecule has 4 rings (SSSR count). The molecule has 0 radical (unpaired) electrons. The van der Waals surface area contributed by atoms with Gasteiger partial charge >= 0.3 is 0 Å². The van der Waals surface area contributed by atoms with Crippen molar-refractivity contribution in [3.8, 4) is 5.75 Å². The summed E-state index contributed by atoms with van der Waals surface area (Å²) in [7, 11) is -3.60. The Morgan fingerprint density at radius 2 is 1.87 bits per heavy atom. The molecule has 1 atom stereocenters. The highest BCUT2D eigenvalue weighted by atomic mass is 32.2. The summed E-state index contributed by atoms with van der Waals surface area (Å²) in [5, 5.41) is 0. The standard InChI is InChI=1S/C19H21N3O6S2/c20-19(24)16-12-22(14-3-1-2-4-15(14)28-16)17(23)11-13-5-6-18(29-13)30(25,26)21-7-9-27-10-8-21/h1-6,16H,7-12H2,(H2,20,24)/t16-/m0/s1. The van der Waals surface area contributed by atoms with E-state index in [4.69, 9.17) is 15.2 Å². The maximum absolute atomic E-state index is 13.0. The minimum atomic E-state index is -3.60. The Bertz CT molecular complexity index is 1060. The van der Waals surface area contributed by atoms with Crippen LogP contribution in [0.2, 0.25) is 0 Å². The van der Waals surface area contributed by atoms with Crippen LogP contribution in [0.15, 0.2) is 40.6 Å². The number of carbonyl (C=O) groups excluding carboxylic acids is 2. The first-order valence-electron chi connectivity index (χ1n) is 9.38. The highest BCUT2D eigenvalue weighted by Crippen LogP contribution is 2.34. The van der Waals surface area contributed by atoms with E-state index in [1.165, 1.54) is 15.3 Å². The number of morpholine rings is 1. The van der Waals surface area contributed by atoms with E-state index < -0.39 is 22.0 Å². The molecule has 11 heteroatoms. The molecule has 9 nitrogen and oxygen atoms in total. The number of carbonyl (C=O) groups is 2. The van der Waals surface area contributed by atoms with Crippen LogP contribution in [0.25, 0.3) is 0 Å². The molecule has 1 aromatic heterocycles. The molecule has 160 valence electrons. The second kappa shape index (κ2) is 8.34. The summed E-state index contributed by atoms with van der Waals surface area (Å²) in [6, 6.07) is 10.1. The largest absolute Gasteiger partial charge is 0.477 e. The molecule has 30 heavy (non-hydrogen) atoms. The summed E-state index contributed by atoms with van der Waals surface area (Å²) in [4.78, 5) is 26.7. The topological polar surface area (TPSA) is 119 Å². The number of hydrogen-bond donors (Lipinski definition) is 1. The van der Waals surface area contributed by atoms with Crippen LogP contribution < -0.4 is 15.4 Å². The van der Waals surface area contributed by atoms with Crippen molar-refractivity contribution < 1.29 is 27.5 Å². The van der Waals surface area contributed by atoms with Crippen molar-refractivity contribution in [3.63, 3.8) is 0 Å². The number of nitrogens with two attached hydrogens (primary N) is 1. The molecule has 2 aromatic rings. The van der Waals surface area contributed by atoms with Gasteiger partial charge in [-0.05, 0) is 24.3 Å². The summed E-state index contributed by atoms with van der Waals surface area (Å²) in [5.74, 6) is -0.519. The smallest absolute Gasteiger partial charge is 0.260 e. The minimum absolute atomic E-state index is 0.00309. The molecule has 0 unspecified atom stereocenters. The molecule has 2 aliphatic rings. The number of fused-ring (bicyclic) bond motifs is 1. The van der Waals surface area contributed by atoms with Crippen LogP contribution in [-0.4, -0.2) is 63.5 Å². The van der Waals surface area contributed by atoms with Crippen LogP contribution in [0.3, 0.4) is 0 Å². The Kier molecular flexibility index (Phi) is 5.78. The van der Waals surface area contributed by atoms with Gasteiger partial charge in [-0.2, -0.15) is 4.31 Å². The number of thiophene rings is 1. The zero-order chi connectivity index (χ0) is 21.3. The number of primary amides is 1. The predicted molar refractivity (Wildman–Crippen MR) is 110 cm³/mol. The lowest BCUT2D eigenvalue weighted by Crippen LogP contribution is -2.49. The number of nitrogens with zero attached hydrogens (tertiary/aromatic N) is 2. The third-order valence-electron chi connectivity index (χ3n) is 4.92. The molecule has 2 N–H and O–H groups in total. The highest BCUT2D eigenvalue weighted by molar-refractivity contribution is 7.91. The Balaban J connectivity index is 1.52. The second-order valence-corrected chi connectivity index (χ2v) is 10.2. The summed E-state index contributed by atoms with van der Waals surface area (Å²) in [5.41, 5.74) is 5.93. The molecule has 0 spiro atoms. The molecule has 1 fully saturated rings. The average Bonchev–Trinajstić information content (AvgIpc) is 3.22. The summed E-state index contributed by atoms with van der Waals surface area (Å²) < 4.78 is 38.0. The van der Waals surface area contributed by atoms with Gasteiger partial charge in [-0.25, -0.2) is 8.42 Å². The number of hydrogen-bond acceptors (Lipinski definition) is 7. The Hall–Kier alpha value is -2.47. The van der Waals surface area contributed by atoms with Gasteiger partial charge in [0, 0.05) is 18.0 Å². The number of benzene rings is 1. The van der Waals surface area contributed by atoms with Crippen molar-refractivity contribution >= 4 is 38.9 Å². The van der Waals surface area contributed by atoms with Gasteiger partial charge in [0.2, 0.25) is 5.91 Å². The molecule has 1 saturated heterocycles. The first-order chi connectivity index (χ1) is 14.4. The van der Waals surface area contributed by atoms with E-state index in [9.17, 15) is 18.0 Å². The third-order valence-corrected chi connectivity index (χ3v) is 8.37. The summed E-state index contributed by atoms with van der Waals surface area (Å²) in [6.07, 6.45) is -0.937. The van der Waals surface area contributed by atoms with Crippen LogP contribution in [0.1, 0.15) is 4.88 Å². The average molecular weight is 452 g/mol. The monoisotopic (exact) mass is 451 g/mol. The number of ether oxygens (including phenoxy) is 2. The summed E-state index contributed by atoms with van der Waals surface area (Å²) >= 11 is 1.07. The third kappa shape index (κ3) is 4.06. The lowest BCUT2D eigenvalue weighted by molar-refractivity contribution is -0.125. The van der Waals surface area contributed by atoms with Gasteiger partial charge in [-0.3, -0.25) is 9.59 Å². The Morgan fingerprint density at radius 1 is 1.13 bits per heavy atom. The van der Waals surface area contributed by atoms with Gasteiger partial charge in [0.25, 0.3) is 15.9 Å². The molecule has 3 heterocycles. The zero-order valence-corrected chi connectivity index (χ0v) is 17.7. The normalized spacial score (nSPS) is 19.7.